The molecule has 4 heteroatoms. The van der Waals surface area contributed by atoms with Crippen molar-refractivity contribution in [3.63, 3.8) is 0 Å². The third kappa shape index (κ3) is 4.05. The van der Waals surface area contributed by atoms with Gasteiger partial charge in [0.1, 0.15) is 12.4 Å². The van der Waals surface area contributed by atoms with Crippen LogP contribution in [0.2, 0.25) is 0 Å². The topological polar surface area (TPSA) is 58.8 Å². The molecule has 0 fully saturated rings. The van der Waals surface area contributed by atoms with Gasteiger partial charge >= 0.3 is 0 Å². The molecule has 2 heterocycles. The first-order valence-electron chi connectivity index (χ1n) is 10.3. The summed E-state index contributed by atoms with van der Waals surface area (Å²) in [6.45, 7) is 0.406. The van der Waals surface area contributed by atoms with Crippen LogP contribution in [-0.4, -0.2) is 9.97 Å². The number of fused-ring (bicyclic) bond motifs is 1. The van der Waals surface area contributed by atoms with Crippen LogP contribution in [0.25, 0.3) is 33.2 Å². The Balaban J connectivity index is 1.38. The third-order valence-corrected chi connectivity index (χ3v) is 5.35. The van der Waals surface area contributed by atoms with Gasteiger partial charge in [0.15, 0.2) is 0 Å². The highest BCUT2D eigenvalue weighted by molar-refractivity contribution is 5.84. The predicted octanol–water partition coefficient (Wildman–Crippen LogP) is 6.41. The van der Waals surface area contributed by atoms with Crippen molar-refractivity contribution in [2.24, 2.45) is 0 Å². The van der Waals surface area contributed by atoms with Gasteiger partial charge in [0.05, 0.1) is 22.8 Å². The van der Waals surface area contributed by atoms with Gasteiger partial charge in [-0.15, -0.1) is 0 Å². The van der Waals surface area contributed by atoms with E-state index in [2.05, 4.69) is 28.2 Å². The predicted molar refractivity (Wildman–Crippen MR) is 126 cm³/mol. The zero-order valence-electron chi connectivity index (χ0n) is 17.3. The molecule has 0 saturated carbocycles. The molecule has 0 aliphatic heterocycles. The zero-order valence-corrected chi connectivity index (χ0v) is 17.3. The zero-order chi connectivity index (χ0) is 21.8. The second-order valence-electron chi connectivity index (χ2n) is 7.42. The minimum Gasteiger partial charge on any atom is -0.487 e. The second kappa shape index (κ2) is 8.71. The van der Waals surface area contributed by atoms with Crippen LogP contribution >= 0.6 is 0 Å². The highest BCUT2D eigenvalue weighted by Gasteiger charge is 2.09. The molecule has 2 aromatic heterocycles. The first kappa shape index (κ1) is 19.5. The number of hydrogen-bond acceptors (Lipinski definition) is 4. The van der Waals surface area contributed by atoms with Crippen LogP contribution in [0.3, 0.4) is 0 Å². The fraction of sp³-hybridized carbons (Fsp3) is 0.0357. The Morgan fingerprint density at radius 3 is 2.34 bits per heavy atom. The van der Waals surface area contributed by atoms with Crippen LogP contribution in [0.4, 0.5) is 0 Å². The molecule has 5 rings (SSSR count). The largest absolute Gasteiger partial charge is 0.487 e. The minimum absolute atomic E-state index is 0.406. The molecule has 0 saturated heterocycles. The molecule has 0 spiro atoms. The Labute approximate surface area is 186 Å². The van der Waals surface area contributed by atoms with Crippen molar-refractivity contribution in [1.82, 2.24) is 9.97 Å². The SMILES string of the molecule is N#Cc1ccc(-c2ccc(OCc3ccc4ccccc4n3)cc2)c(-c2ccncc2)c1. The maximum atomic E-state index is 9.33. The molecular weight excluding hydrogens is 394 g/mol. The highest BCUT2D eigenvalue weighted by Crippen LogP contribution is 2.33. The Morgan fingerprint density at radius 1 is 0.750 bits per heavy atom. The van der Waals surface area contributed by atoms with E-state index in [1.807, 2.05) is 78.9 Å². The molecule has 0 bridgehead atoms. The van der Waals surface area contributed by atoms with Gasteiger partial charge in [-0.1, -0.05) is 42.5 Å². The number of nitrogens with zero attached hydrogens (tertiary/aromatic N) is 3. The number of ether oxygens (including phenoxy) is 1. The number of benzene rings is 3. The monoisotopic (exact) mass is 413 g/mol. The number of hydrogen-bond donors (Lipinski definition) is 0. The van der Waals surface area contributed by atoms with Crippen molar-refractivity contribution in [2.75, 3.05) is 0 Å². The molecule has 152 valence electrons. The normalized spacial score (nSPS) is 10.6. The lowest BCUT2D eigenvalue weighted by atomic mass is 9.93. The van der Waals surface area contributed by atoms with Crippen molar-refractivity contribution in [2.45, 2.75) is 6.61 Å². The first-order chi connectivity index (χ1) is 15.8. The van der Waals surface area contributed by atoms with E-state index in [-0.39, 0.29) is 0 Å². The van der Waals surface area contributed by atoms with Crippen LogP contribution in [-0.2, 0) is 6.61 Å². The van der Waals surface area contributed by atoms with E-state index in [4.69, 9.17) is 4.74 Å². The molecule has 3 aromatic carbocycles. The Hall–Kier alpha value is -4.49. The summed E-state index contributed by atoms with van der Waals surface area (Å²) >= 11 is 0. The summed E-state index contributed by atoms with van der Waals surface area (Å²) in [5.41, 5.74) is 6.61. The lowest BCUT2D eigenvalue weighted by Crippen LogP contribution is -1.98. The Morgan fingerprint density at radius 2 is 1.53 bits per heavy atom. The average Bonchev–Trinajstić information content (AvgIpc) is 2.88. The standard InChI is InChI=1S/C28H19N3O/c29-18-20-5-12-26(27(17-20)22-13-15-30-16-14-22)21-7-10-25(11-8-21)32-19-24-9-6-23-3-1-2-4-28(23)31-24/h1-17H,19H2. The van der Waals surface area contributed by atoms with E-state index in [0.29, 0.717) is 12.2 Å². The molecule has 0 unspecified atom stereocenters. The van der Waals surface area contributed by atoms with Gasteiger partial charge in [-0.2, -0.15) is 5.26 Å². The molecule has 0 aliphatic rings. The fourth-order valence-electron chi connectivity index (χ4n) is 3.71. The molecular formula is C28H19N3O. The van der Waals surface area contributed by atoms with Crippen LogP contribution < -0.4 is 4.74 Å². The molecule has 0 atom stereocenters. The van der Waals surface area contributed by atoms with E-state index in [1.165, 1.54) is 0 Å². The summed E-state index contributed by atoms with van der Waals surface area (Å²) < 4.78 is 5.97. The van der Waals surface area contributed by atoms with E-state index >= 15 is 0 Å². The van der Waals surface area contributed by atoms with Crippen molar-refractivity contribution in [3.05, 3.63) is 115 Å². The summed E-state index contributed by atoms with van der Waals surface area (Å²) in [6, 6.07) is 32.0. The summed E-state index contributed by atoms with van der Waals surface area (Å²) in [6.07, 6.45) is 3.52. The maximum Gasteiger partial charge on any atom is 0.130 e. The third-order valence-electron chi connectivity index (χ3n) is 5.35. The minimum atomic E-state index is 0.406. The smallest absolute Gasteiger partial charge is 0.130 e. The van der Waals surface area contributed by atoms with E-state index < -0.39 is 0 Å². The second-order valence-corrected chi connectivity index (χ2v) is 7.42. The van der Waals surface area contributed by atoms with Gasteiger partial charge in [0.25, 0.3) is 0 Å². The molecule has 32 heavy (non-hydrogen) atoms. The molecule has 0 N–H and O–H groups in total. The maximum absolute atomic E-state index is 9.33. The van der Waals surface area contributed by atoms with Gasteiger partial charge in [0, 0.05) is 17.8 Å². The van der Waals surface area contributed by atoms with Crippen LogP contribution in [0.5, 0.6) is 5.75 Å². The van der Waals surface area contributed by atoms with E-state index in [9.17, 15) is 5.26 Å². The van der Waals surface area contributed by atoms with Crippen LogP contribution in [0.1, 0.15) is 11.3 Å². The molecule has 0 aliphatic carbocycles. The van der Waals surface area contributed by atoms with Crippen LogP contribution in [0.15, 0.2) is 103 Å². The van der Waals surface area contributed by atoms with Crippen molar-refractivity contribution >= 4 is 10.9 Å². The number of pyridine rings is 2. The molecule has 5 aromatic rings. The number of aromatic nitrogens is 2. The number of nitriles is 1. The first-order valence-corrected chi connectivity index (χ1v) is 10.3. The lowest BCUT2D eigenvalue weighted by molar-refractivity contribution is 0.302. The molecule has 0 amide bonds. The van der Waals surface area contributed by atoms with Crippen LogP contribution in [0, 0.1) is 11.3 Å². The van der Waals surface area contributed by atoms with Crippen molar-refractivity contribution in [1.29, 1.82) is 5.26 Å². The van der Waals surface area contributed by atoms with Gasteiger partial charge in [-0.05, 0) is 70.8 Å². The van der Waals surface area contributed by atoms with Gasteiger partial charge in [0.2, 0.25) is 0 Å². The average molecular weight is 413 g/mol. The number of rotatable bonds is 5. The van der Waals surface area contributed by atoms with E-state index in [0.717, 1.165) is 44.6 Å². The quantitative estimate of drug-likeness (QED) is 0.334. The van der Waals surface area contributed by atoms with E-state index in [1.54, 1.807) is 12.4 Å². The summed E-state index contributed by atoms with van der Waals surface area (Å²) in [5.74, 6) is 0.780. The molecule has 4 nitrogen and oxygen atoms in total. The van der Waals surface area contributed by atoms with Gasteiger partial charge < -0.3 is 4.74 Å². The van der Waals surface area contributed by atoms with Gasteiger partial charge in [-0.25, -0.2) is 4.98 Å². The number of para-hydroxylation sites is 1. The fourth-order valence-corrected chi connectivity index (χ4v) is 3.71. The highest BCUT2D eigenvalue weighted by atomic mass is 16.5. The molecule has 0 radical (unpaired) electrons. The van der Waals surface area contributed by atoms with Crippen molar-refractivity contribution in [3.8, 4) is 34.1 Å². The Bertz CT molecular complexity index is 1420. The summed E-state index contributed by atoms with van der Waals surface area (Å²) in [5, 5.41) is 10.5. The van der Waals surface area contributed by atoms with Crippen molar-refractivity contribution < 1.29 is 4.74 Å². The Kier molecular flexibility index (Phi) is 5.30. The summed E-state index contributed by atoms with van der Waals surface area (Å²) in [4.78, 5) is 8.76. The van der Waals surface area contributed by atoms with Gasteiger partial charge in [-0.3, -0.25) is 4.98 Å². The summed E-state index contributed by atoms with van der Waals surface area (Å²) in [7, 11) is 0. The lowest BCUT2D eigenvalue weighted by Gasteiger charge is -2.12.